The molecular formula is C15H18N2O4S. The molecule has 1 aromatic rings. The van der Waals surface area contributed by atoms with Crippen LogP contribution in [0.25, 0.3) is 0 Å². The molecule has 0 spiro atoms. The number of benzene rings is 1. The van der Waals surface area contributed by atoms with E-state index in [0.29, 0.717) is 25.1 Å². The number of carbonyl (C=O) groups is 2. The Hall–Kier alpha value is -1.89. The highest BCUT2D eigenvalue weighted by Crippen LogP contribution is 2.25. The van der Waals surface area contributed by atoms with Crippen molar-refractivity contribution >= 4 is 33.0 Å². The smallest absolute Gasteiger partial charge is 0.228 e. The predicted molar refractivity (Wildman–Crippen MR) is 83.4 cm³/mol. The molecule has 2 fully saturated rings. The van der Waals surface area contributed by atoms with Crippen LogP contribution in [-0.4, -0.2) is 38.3 Å². The van der Waals surface area contributed by atoms with E-state index < -0.39 is 15.8 Å². The van der Waals surface area contributed by atoms with Gasteiger partial charge in [0.1, 0.15) is 0 Å². The fourth-order valence-corrected chi connectivity index (χ4v) is 4.66. The Balaban J connectivity index is 1.70. The average molecular weight is 322 g/mol. The van der Waals surface area contributed by atoms with Gasteiger partial charge in [0.15, 0.2) is 9.84 Å². The molecule has 7 heteroatoms. The number of carbonyl (C=O) groups excluding carboxylic acids is 2. The van der Waals surface area contributed by atoms with Crippen molar-refractivity contribution in [2.24, 2.45) is 5.92 Å². The Morgan fingerprint density at radius 2 is 2.14 bits per heavy atom. The largest absolute Gasteiger partial charge is 0.326 e. The first-order valence-corrected chi connectivity index (χ1v) is 9.18. The number of hydrogen-bond donors (Lipinski definition) is 1. The van der Waals surface area contributed by atoms with Gasteiger partial charge < -0.3 is 10.2 Å². The molecule has 2 aliphatic rings. The first kappa shape index (κ1) is 15.0. The van der Waals surface area contributed by atoms with Crippen LogP contribution >= 0.6 is 0 Å². The van der Waals surface area contributed by atoms with Crippen LogP contribution in [0.15, 0.2) is 24.3 Å². The zero-order valence-electron chi connectivity index (χ0n) is 12.1. The summed E-state index contributed by atoms with van der Waals surface area (Å²) in [4.78, 5) is 25.6. The topological polar surface area (TPSA) is 83.6 Å². The minimum absolute atomic E-state index is 0.0768. The zero-order valence-corrected chi connectivity index (χ0v) is 12.9. The molecule has 6 nitrogen and oxygen atoms in total. The van der Waals surface area contributed by atoms with E-state index in [1.54, 1.807) is 23.1 Å². The van der Waals surface area contributed by atoms with E-state index in [1.807, 2.05) is 6.07 Å². The molecule has 2 aliphatic heterocycles. The van der Waals surface area contributed by atoms with E-state index >= 15 is 0 Å². The van der Waals surface area contributed by atoms with Gasteiger partial charge in [-0.15, -0.1) is 0 Å². The van der Waals surface area contributed by atoms with Crippen molar-refractivity contribution in [3.8, 4) is 0 Å². The van der Waals surface area contributed by atoms with Gasteiger partial charge in [0.25, 0.3) is 0 Å². The molecule has 0 radical (unpaired) electrons. The van der Waals surface area contributed by atoms with E-state index in [1.165, 1.54) is 0 Å². The molecule has 2 heterocycles. The van der Waals surface area contributed by atoms with Crippen LogP contribution in [0.3, 0.4) is 0 Å². The van der Waals surface area contributed by atoms with Crippen molar-refractivity contribution in [2.45, 2.75) is 19.3 Å². The van der Waals surface area contributed by atoms with E-state index in [0.717, 1.165) is 12.1 Å². The fraction of sp³-hybridized carbons (Fsp3) is 0.467. The number of nitrogens with zero attached hydrogens (tertiary/aromatic N) is 1. The summed E-state index contributed by atoms with van der Waals surface area (Å²) >= 11 is 0. The maximum absolute atomic E-state index is 12.1. The van der Waals surface area contributed by atoms with Gasteiger partial charge in [0.05, 0.1) is 17.4 Å². The highest BCUT2D eigenvalue weighted by molar-refractivity contribution is 7.91. The predicted octanol–water partition coefficient (Wildman–Crippen LogP) is 1.19. The van der Waals surface area contributed by atoms with Crippen molar-refractivity contribution < 1.29 is 18.0 Å². The van der Waals surface area contributed by atoms with Crippen LogP contribution in [0.1, 0.15) is 19.3 Å². The molecule has 3 rings (SSSR count). The van der Waals surface area contributed by atoms with Crippen molar-refractivity contribution in [3.63, 3.8) is 0 Å². The molecule has 0 bridgehead atoms. The van der Waals surface area contributed by atoms with Crippen LogP contribution in [0.5, 0.6) is 0 Å². The number of nitrogens with one attached hydrogen (secondary N) is 1. The molecule has 0 unspecified atom stereocenters. The third kappa shape index (κ3) is 3.14. The van der Waals surface area contributed by atoms with Crippen LogP contribution in [-0.2, 0) is 19.4 Å². The quantitative estimate of drug-likeness (QED) is 0.906. The van der Waals surface area contributed by atoms with Gasteiger partial charge in [-0.2, -0.15) is 0 Å². The highest BCUT2D eigenvalue weighted by atomic mass is 32.2. The lowest BCUT2D eigenvalue weighted by atomic mass is 10.1. The lowest BCUT2D eigenvalue weighted by Crippen LogP contribution is -2.25. The highest BCUT2D eigenvalue weighted by Gasteiger charge is 2.33. The maximum Gasteiger partial charge on any atom is 0.228 e. The fourth-order valence-electron chi connectivity index (χ4n) is 2.92. The summed E-state index contributed by atoms with van der Waals surface area (Å²) < 4.78 is 22.9. The van der Waals surface area contributed by atoms with Crippen molar-refractivity contribution in [1.82, 2.24) is 0 Å². The normalized spacial score (nSPS) is 23.7. The summed E-state index contributed by atoms with van der Waals surface area (Å²) in [5, 5.41) is 2.76. The van der Waals surface area contributed by atoms with E-state index in [4.69, 9.17) is 0 Å². The molecule has 0 aliphatic carbocycles. The third-order valence-electron chi connectivity index (χ3n) is 4.10. The van der Waals surface area contributed by atoms with Gasteiger partial charge in [0, 0.05) is 24.3 Å². The monoisotopic (exact) mass is 322 g/mol. The molecule has 0 saturated carbocycles. The van der Waals surface area contributed by atoms with Crippen LogP contribution in [0.4, 0.5) is 11.4 Å². The van der Waals surface area contributed by atoms with E-state index in [2.05, 4.69) is 5.32 Å². The van der Waals surface area contributed by atoms with Gasteiger partial charge in [-0.25, -0.2) is 8.42 Å². The lowest BCUT2D eigenvalue weighted by Gasteiger charge is -2.17. The second-order valence-electron chi connectivity index (χ2n) is 5.79. The zero-order chi connectivity index (χ0) is 15.7. The first-order valence-electron chi connectivity index (χ1n) is 7.36. The number of hydrogen-bond acceptors (Lipinski definition) is 4. The Morgan fingerprint density at radius 3 is 2.77 bits per heavy atom. The molecule has 2 amide bonds. The average Bonchev–Trinajstić information content (AvgIpc) is 3.05. The number of rotatable bonds is 3. The van der Waals surface area contributed by atoms with Crippen LogP contribution in [0, 0.1) is 5.92 Å². The summed E-state index contributed by atoms with van der Waals surface area (Å²) in [6.45, 7) is 0.692. The van der Waals surface area contributed by atoms with Crippen LogP contribution < -0.4 is 10.2 Å². The van der Waals surface area contributed by atoms with Gasteiger partial charge in [-0.3, -0.25) is 9.59 Å². The van der Waals surface area contributed by atoms with Gasteiger partial charge in [-0.1, -0.05) is 6.07 Å². The molecule has 0 aromatic heterocycles. The first-order chi connectivity index (χ1) is 10.4. The third-order valence-corrected chi connectivity index (χ3v) is 5.87. The Labute approximate surface area is 129 Å². The summed E-state index contributed by atoms with van der Waals surface area (Å²) in [7, 11) is -3.08. The molecule has 1 N–H and O–H groups in total. The van der Waals surface area contributed by atoms with Gasteiger partial charge in [-0.05, 0) is 31.0 Å². The van der Waals surface area contributed by atoms with E-state index in [-0.39, 0.29) is 23.3 Å². The van der Waals surface area contributed by atoms with Crippen LogP contribution in [0.2, 0.25) is 0 Å². The Morgan fingerprint density at radius 1 is 1.32 bits per heavy atom. The minimum Gasteiger partial charge on any atom is -0.326 e. The number of anilines is 2. The van der Waals surface area contributed by atoms with Gasteiger partial charge in [0.2, 0.25) is 11.8 Å². The minimum atomic E-state index is -3.08. The Kier molecular flexibility index (Phi) is 3.90. The van der Waals surface area contributed by atoms with Crippen molar-refractivity contribution in [1.29, 1.82) is 0 Å². The second kappa shape index (κ2) is 5.72. The lowest BCUT2D eigenvalue weighted by molar-refractivity contribution is -0.119. The summed E-state index contributed by atoms with van der Waals surface area (Å²) in [5.74, 6) is -0.672. The molecular weight excluding hydrogens is 304 g/mol. The summed E-state index contributed by atoms with van der Waals surface area (Å²) in [6.07, 6.45) is 1.77. The van der Waals surface area contributed by atoms with Crippen molar-refractivity contribution in [3.05, 3.63) is 24.3 Å². The number of amides is 2. The van der Waals surface area contributed by atoms with E-state index in [9.17, 15) is 18.0 Å². The Bertz CT molecular complexity index is 714. The SMILES string of the molecule is O=C(Nc1cccc(N2CCCC2=O)c1)[C@H]1CCS(=O)(=O)C1. The summed E-state index contributed by atoms with van der Waals surface area (Å²) in [5.41, 5.74) is 1.35. The second-order valence-corrected chi connectivity index (χ2v) is 8.02. The molecule has 22 heavy (non-hydrogen) atoms. The van der Waals surface area contributed by atoms with Gasteiger partial charge >= 0.3 is 0 Å². The molecule has 118 valence electrons. The number of sulfone groups is 1. The van der Waals surface area contributed by atoms with Crippen molar-refractivity contribution in [2.75, 3.05) is 28.3 Å². The standard InChI is InChI=1S/C15H18N2O4S/c18-14-5-2-7-17(14)13-4-1-3-12(9-13)16-15(19)11-6-8-22(20,21)10-11/h1,3-4,9,11H,2,5-8,10H2,(H,16,19)/t11-/m0/s1. The molecule has 1 atom stereocenters. The molecule has 2 saturated heterocycles. The molecule has 1 aromatic carbocycles. The maximum atomic E-state index is 12.1. The summed E-state index contributed by atoms with van der Waals surface area (Å²) in [6, 6.07) is 7.11.